The van der Waals surface area contributed by atoms with Crippen LogP contribution in [0.2, 0.25) is 0 Å². The second-order valence-corrected chi connectivity index (χ2v) is 7.50. The smallest absolute Gasteiger partial charge is 0.260 e. The van der Waals surface area contributed by atoms with Gasteiger partial charge in [0.05, 0.1) is 0 Å². The second-order valence-electron chi connectivity index (χ2n) is 6.52. The van der Waals surface area contributed by atoms with Crippen LogP contribution in [0.3, 0.4) is 0 Å². The van der Waals surface area contributed by atoms with Gasteiger partial charge in [-0.05, 0) is 48.4 Å². The number of hydrogen-bond donors (Lipinski definition) is 1. The second kappa shape index (κ2) is 9.92. The number of rotatable bonds is 7. The Kier molecular flexibility index (Phi) is 7.04. The summed E-state index contributed by atoms with van der Waals surface area (Å²) in [7, 11) is 0. The predicted octanol–water partition coefficient (Wildman–Crippen LogP) is 3.20. The molecule has 0 atom stereocenters. The monoisotopic (exact) mass is 384 g/mol. The number of likely N-dealkylation sites (tertiary alicyclic amines) is 1. The summed E-state index contributed by atoms with van der Waals surface area (Å²) in [6.07, 6.45) is 5.19. The summed E-state index contributed by atoms with van der Waals surface area (Å²) < 4.78 is 5.53. The number of carbonyl (C=O) groups is 2. The van der Waals surface area contributed by atoms with E-state index in [9.17, 15) is 9.59 Å². The quantitative estimate of drug-likeness (QED) is 0.746. The number of amides is 2. The van der Waals surface area contributed by atoms with Crippen LogP contribution in [0.5, 0.6) is 5.75 Å². The minimum Gasteiger partial charge on any atom is -0.484 e. The van der Waals surface area contributed by atoms with E-state index in [2.05, 4.69) is 5.32 Å². The topological polar surface area (TPSA) is 58.6 Å². The maximum atomic E-state index is 12.3. The van der Waals surface area contributed by atoms with Gasteiger partial charge < -0.3 is 15.0 Å². The van der Waals surface area contributed by atoms with Crippen LogP contribution >= 0.6 is 11.3 Å². The van der Waals surface area contributed by atoms with Crippen LogP contribution in [0.1, 0.15) is 17.7 Å². The highest BCUT2D eigenvalue weighted by Crippen LogP contribution is 2.17. The highest BCUT2D eigenvalue weighted by molar-refractivity contribution is 7.10. The van der Waals surface area contributed by atoms with Crippen molar-refractivity contribution >= 4 is 29.2 Å². The molecule has 1 aromatic carbocycles. The Bertz CT molecular complexity index is 751. The summed E-state index contributed by atoms with van der Waals surface area (Å²) in [5, 5.41) is 4.94. The van der Waals surface area contributed by atoms with Gasteiger partial charge in [-0.15, -0.1) is 11.3 Å². The Morgan fingerprint density at radius 2 is 1.93 bits per heavy atom. The fourth-order valence-electron chi connectivity index (χ4n) is 2.99. The van der Waals surface area contributed by atoms with Crippen molar-refractivity contribution in [3.8, 4) is 5.75 Å². The first-order valence-corrected chi connectivity index (χ1v) is 10.0. The molecule has 2 heterocycles. The molecule has 27 heavy (non-hydrogen) atoms. The van der Waals surface area contributed by atoms with Gasteiger partial charge in [0.15, 0.2) is 6.61 Å². The zero-order chi connectivity index (χ0) is 18.9. The first-order valence-electron chi connectivity index (χ1n) is 9.16. The molecule has 1 N–H and O–H groups in total. The number of thiophene rings is 1. The summed E-state index contributed by atoms with van der Waals surface area (Å²) in [5.41, 5.74) is 0. The molecule has 142 valence electrons. The van der Waals surface area contributed by atoms with Crippen LogP contribution < -0.4 is 10.1 Å². The molecule has 6 heteroatoms. The molecule has 5 nitrogen and oxygen atoms in total. The van der Waals surface area contributed by atoms with Crippen LogP contribution in [0.15, 0.2) is 53.9 Å². The van der Waals surface area contributed by atoms with Crippen molar-refractivity contribution in [2.45, 2.75) is 12.8 Å². The molecule has 0 aliphatic carbocycles. The number of benzene rings is 1. The summed E-state index contributed by atoms with van der Waals surface area (Å²) in [4.78, 5) is 27.1. The molecule has 0 saturated carbocycles. The van der Waals surface area contributed by atoms with E-state index < -0.39 is 0 Å². The van der Waals surface area contributed by atoms with E-state index in [4.69, 9.17) is 4.74 Å². The van der Waals surface area contributed by atoms with Crippen LogP contribution in [0.25, 0.3) is 6.08 Å². The first-order chi connectivity index (χ1) is 13.2. The van der Waals surface area contributed by atoms with Crippen molar-refractivity contribution in [2.75, 3.05) is 26.2 Å². The zero-order valence-electron chi connectivity index (χ0n) is 15.2. The lowest BCUT2D eigenvalue weighted by molar-refractivity contribution is -0.134. The Morgan fingerprint density at radius 1 is 1.15 bits per heavy atom. The molecular formula is C21H24N2O3S. The van der Waals surface area contributed by atoms with Crippen molar-refractivity contribution < 1.29 is 14.3 Å². The van der Waals surface area contributed by atoms with Gasteiger partial charge in [0.2, 0.25) is 5.91 Å². The maximum absolute atomic E-state index is 12.3. The summed E-state index contributed by atoms with van der Waals surface area (Å²) >= 11 is 1.60. The van der Waals surface area contributed by atoms with E-state index in [0.29, 0.717) is 31.3 Å². The number of ether oxygens (including phenoxy) is 1. The Balaban J connectivity index is 1.33. The number of nitrogens with zero attached hydrogens (tertiary/aromatic N) is 1. The molecule has 1 aliphatic heterocycles. The lowest BCUT2D eigenvalue weighted by Crippen LogP contribution is -2.43. The molecule has 0 bridgehead atoms. The lowest BCUT2D eigenvalue weighted by Gasteiger charge is -2.32. The van der Waals surface area contributed by atoms with E-state index in [1.54, 1.807) is 17.4 Å². The van der Waals surface area contributed by atoms with Gasteiger partial charge >= 0.3 is 0 Å². The van der Waals surface area contributed by atoms with Crippen LogP contribution in [-0.4, -0.2) is 43.0 Å². The van der Waals surface area contributed by atoms with E-state index in [1.165, 1.54) is 0 Å². The largest absolute Gasteiger partial charge is 0.484 e. The SMILES string of the molecule is O=C(C=Cc1cccs1)NCC1CCN(C(=O)COc2ccccc2)CC1. The van der Waals surface area contributed by atoms with Crippen LogP contribution in [0, 0.1) is 5.92 Å². The number of hydrogen-bond acceptors (Lipinski definition) is 4. The van der Waals surface area contributed by atoms with Crippen molar-refractivity contribution in [3.63, 3.8) is 0 Å². The average molecular weight is 385 g/mol. The van der Waals surface area contributed by atoms with Gasteiger partial charge in [-0.2, -0.15) is 0 Å². The normalized spacial score (nSPS) is 15.0. The molecule has 0 spiro atoms. The third-order valence-corrected chi connectivity index (χ3v) is 5.42. The maximum Gasteiger partial charge on any atom is 0.260 e. The van der Waals surface area contributed by atoms with E-state index in [-0.39, 0.29) is 18.4 Å². The molecule has 1 aromatic heterocycles. The summed E-state index contributed by atoms with van der Waals surface area (Å²) in [6.45, 7) is 2.14. The Morgan fingerprint density at radius 3 is 2.63 bits per heavy atom. The number of para-hydroxylation sites is 1. The third-order valence-electron chi connectivity index (χ3n) is 4.58. The molecular weight excluding hydrogens is 360 g/mol. The zero-order valence-corrected chi connectivity index (χ0v) is 16.0. The number of piperidine rings is 1. The van der Waals surface area contributed by atoms with Crippen molar-refractivity contribution in [3.05, 3.63) is 58.8 Å². The third kappa shape index (κ3) is 6.25. The van der Waals surface area contributed by atoms with Gasteiger partial charge in [0.25, 0.3) is 5.91 Å². The minimum atomic E-state index is -0.0711. The average Bonchev–Trinajstić information content (AvgIpc) is 3.24. The number of carbonyl (C=O) groups excluding carboxylic acids is 2. The molecule has 1 saturated heterocycles. The van der Waals surface area contributed by atoms with Crippen molar-refractivity contribution in [2.24, 2.45) is 5.92 Å². The van der Waals surface area contributed by atoms with Gasteiger partial charge in [0.1, 0.15) is 5.75 Å². The first kappa shape index (κ1) is 19.2. The van der Waals surface area contributed by atoms with E-state index >= 15 is 0 Å². The fourth-order valence-corrected chi connectivity index (χ4v) is 3.61. The van der Waals surface area contributed by atoms with Gasteiger partial charge in [-0.25, -0.2) is 0 Å². The molecule has 3 rings (SSSR count). The standard InChI is InChI=1S/C21H24N2O3S/c24-20(9-8-19-7-4-14-27-19)22-15-17-10-12-23(13-11-17)21(25)16-26-18-5-2-1-3-6-18/h1-9,14,17H,10-13,15-16H2,(H,22,24). The fraction of sp³-hybridized carbons (Fsp3) is 0.333. The molecule has 0 unspecified atom stereocenters. The molecule has 1 fully saturated rings. The van der Waals surface area contributed by atoms with Crippen LogP contribution in [-0.2, 0) is 9.59 Å². The highest BCUT2D eigenvalue weighted by atomic mass is 32.1. The van der Waals surface area contributed by atoms with Crippen molar-refractivity contribution in [1.82, 2.24) is 10.2 Å². The summed E-state index contributed by atoms with van der Waals surface area (Å²) in [6, 6.07) is 13.3. The van der Waals surface area contributed by atoms with Gasteiger partial charge in [-0.1, -0.05) is 24.3 Å². The van der Waals surface area contributed by atoms with Crippen molar-refractivity contribution in [1.29, 1.82) is 0 Å². The summed E-state index contributed by atoms with van der Waals surface area (Å²) in [5.74, 6) is 1.06. The van der Waals surface area contributed by atoms with Gasteiger partial charge in [-0.3, -0.25) is 9.59 Å². The highest BCUT2D eigenvalue weighted by Gasteiger charge is 2.23. The van der Waals surface area contributed by atoms with Gasteiger partial charge in [0, 0.05) is 30.6 Å². The van der Waals surface area contributed by atoms with E-state index in [0.717, 1.165) is 17.7 Å². The van der Waals surface area contributed by atoms with E-state index in [1.807, 2.05) is 58.8 Å². The molecule has 0 radical (unpaired) electrons. The Labute approximate surface area is 163 Å². The lowest BCUT2D eigenvalue weighted by atomic mass is 9.97. The number of nitrogens with one attached hydrogen (secondary N) is 1. The molecule has 2 amide bonds. The Hall–Kier alpha value is -2.60. The predicted molar refractivity (Wildman–Crippen MR) is 108 cm³/mol. The molecule has 2 aromatic rings. The van der Waals surface area contributed by atoms with Crippen LogP contribution in [0.4, 0.5) is 0 Å². The molecule has 1 aliphatic rings. The minimum absolute atomic E-state index is 0.0141.